The lowest BCUT2D eigenvalue weighted by molar-refractivity contribution is 0.0531. The molecule has 0 fully saturated rings. The quantitative estimate of drug-likeness (QED) is 0.794. The minimum absolute atomic E-state index is 0.0630. The first-order valence-corrected chi connectivity index (χ1v) is 8.07. The van der Waals surface area contributed by atoms with Gasteiger partial charge in [0.1, 0.15) is 10.7 Å². The van der Waals surface area contributed by atoms with Crippen LogP contribution in [0.25, 0.3) is 0 Å². The summed E-state index contributed by atoms with van der Waals surface area (Å²) in [4.78, 5) is 24.2. The van der Waals surface area contributed by atoms with Gasteiger partial charge in [-0.05, 0) is 43.7 Å². The third-order valence-electron chi connectivity index (χ3n) is 2.79. The molecule has 1 N–H and O–H groups in total. The molecule has 0 aliphatic carbocycles. The third kappa shape index (κ3) is 3.72. The van der Waals surface area contributed by atoms with Crippen LogP contribution in [0.4, 0.5) is 9.39 Å². The van der Waals surface area contributed by atoms with Gasteiger partial charge in [0.05, 0.1) is 17.2 Å². The van der Waals surface area contributed by atoms with Crippen LogP contribution in [-0.2, 0) is 4.74 Å². The molecule has 0 atom stereocenters. The Hall–Kier alpha value is -1.73. The number of hydrogen-bond acceptors (Lipinski definition) is 4. The van der Waals surface area contributed by atoms with E-state index in [1.54, 1.807) is 26.0 Å². The molecule has 0 saturated heterocycles. The Morgan fingerprint density at radius 1 is 1.36 bits per heavy atom. The maximum Gasteiger partial charge on any atom is 0.348 e. The van der Waals surface area contributed by atoms with Crippen LogP contribution in [0.1, 0.15) is 32.5 Å². The van der Waals surface area contributed by atoms with E-state index in [0.29, 0.717) is 19.9 Å². The summed E-state index contributed by atoms with van der Waals surface area (Å²) in [7, 11) is 0. The molecule has 22 heavy (non-hydrogen) atoms. The predicted molar refractivity (Wildman–Crippen MR) is 87.1 cm³/mol. The highest BCUT2D eigenvalue weighted by molar-refractivity contribution is 9.10. The number of benzene rings is 1. The summed E-state index contributed by atoms with van der Waals surface area (Å²) in [5, 5.41) is 3.06. The van der Waals surface area contributed by atoms with Crippen LogP contribution in [0.5, 0.6) is 0 Å². The Morgan fingerprint density at radius 3 is 2.73 bits per heavy atom. The smallest absolute Gasteiger partial charge is 0.348 e. The van der Waals surface area contributed by atoms with E-state index in [9.17, 15) is 14.0 Å². The van der Waals surface area contributed by atoms with Crippen LogP contribution in [0, 0.1) is 12.7 Å². The lowest BCUT2D eigenvalue weighted by atomic mass is 10.2. The Bertz CT molecular complexity index is 730. The molecule has 1 amide bonds. The highest BCUT2D eigenvalue weighted by Crippen LogP contribution is 2.28. The van der Waals surface area contributed by atoms with E-state index >= 15 is 0 Å². The normalized spacial score (nSPS) is 10.4. The molecule has 1 aromatic heterocycles. The number of amides is 1. The standard InChI is InChI=1S/C15H13BrFNO3S/c1-3-21-15(20)13-8(2)6-12(22-13)18-14(19)10-5-4-9(16)7-11(10)17/h4-7H,3H2,1-2H3,(H,18,19). The summed E-state index contributed by atoms with van der Waals surface area (Å²) in [6, 6.07) is 5.85. The van der Waals surface area contributed by atoms with Crippen molar-refractivity contribution in [3.63, 3.8) is 0 Å². The van der Waals surface area contributed by atoms with Gasteiger partial charge >= 0.3 is 5.97 Å². The fourth-order valence-electron chi connectivity index (χ4n) is 1.80. The second-order valence-electron chi connectivity index (χ2n) is 4.42. The van der Waals surface area contributed by atoms with Gasteiger partial charge < -0.3 is 10.1 Å². The van der Waals surface area contributed by atoms with Crippen LogP contribution in [0.15, 0.2) is 28.7 Å². The Kier molecular flexibility index (Phi) is 5.31. The van der Waals surface area contributed by atoms with Crippen molar-refractivity contribution >= 4 is 44.1 Å². The van der Waals surface area contributed by atoms with E-state index in [0.717, 1.165) is 11.3 Å². The first kappa shape index (κ1) is 16.6. The van der Waals surface area contributed by atoms with Crippen molar-refractivity contribution < 1.29 is 18.7 Å². The van der Waals surface area contributed by atoms with Crippen molar-refractivity contribution in [2.24, 2.45) is 0 Å². The van der Waals surface area contributed by atoms with Gasteiger partial charge in [-0.3, -0.25) is 4.79 Å². The number of carbonyl (C=O) groups is 2. The van der Waals surface area contributed by atoms with E-state index < -0.39 is 17.7 Å². The van der Waals surface area contributed by atoms with Crippen LogP contribution >= 0.6 is 27.3 Å². The number of thiophene rings is 1. The number of rotatable bonds is 4. The first-order valence-electron chi connectivity index (χ1n) is 6.46. The van der Waals surface area contributed by atoms with Crippen molar-refractivity contribution in [1.29, 1.82) is 0 Å². The van der Waals surface area contributed by atoms with Crippen LogP contribution < -0.4 is 5.32 Å². The van der Waals surface area contributed by atoms with E-state index in [-0.39, 0.29) is 12.2 Å². The van der Waals surface area contributed by atoms with E-state index in [1.165, 1.54) is 12.1 Å². The Labute approximate surface area is 139 Å². The molecule has 2 aromatic rings. The number of nitrogens with one attached hydrogen (secondary N) is 1. The van der Waals surface area contributed by atoms with Gasteiger partial charge in [-0.1, -0.05) is 15.9 Å². The highest BCUT2D eigenvalue weighted by atomic mass is 79.9. The highest BCUT2D eigenvalue weighted by Gasteiger charge is 2.17. The van der Waals surface area contributed by atoms with E-state index in [2.05, 4.69) is 21.2 Å². The summed E-state index contributed by atoms with van der Waals surface area (Å²) >= 11 is 4.24. The number of aryl methyl sites for hydroxylation is 1. The predicted octanol–water partition coefficient (Wildman–Crippen LogP) is 4.39. The summed E-state index contributed by atoms with van der Waals surface area (Å²) in [5.41, 5.74) is 0.641. The SMILES string of the molecule is CCOC(=O)c1sc(NC(=O)c2ccc(Br)cc2F)cc1C. The maximum atomic E-state index is 13.8. The summed E-state index contributed by atoms with van der Waals surface area (Å²) in [6.07, 6.45) is 0. The van der Waals surface area contributed by atoms with Crippen molar-refractivity contribution in [1.82, 2.24) is 0 Å². The second-order valence-corrected chi connectivity index (χ2v) is 6.39. The van der Waals surface area contributed by atoms with Gasteiger partial charge in [-0.15, -0.1) is 11.3 Å². The van der Waals surface area contributed by atoms with E-state index in [1.807, 2.05) is 0 Å². The zero-order valence-corrected chi connectivity index (χ0v) is 14.3. The van der Waals surface area contributed by atoms with Gasteiger partial charge in [0, 0.05) is 4.47 Å². The van der Waals surface area contributed by atoms with Crippen molar-refractivity contribution in [3.05, 3.63) is 50.6 Å². The molecule has 116 valence electrons. The molecule has 0 bridgehead atoms. The van der Waals surface area contributed by atoms with Crippen molar-refractivity contribution in [2.45, 2.75) is 13.8 Å². The molecule has 4 nitrogen and oxygen atoms in total. The lowest BCUT2D eigenvalue weighted by Crippen LogP contribution is -2.12. The zero-order valence-electron chi connectivity index (χ0n) is 11.9. The molecule has 0 radical (unpaired) electrons. The molecule has 0 unspecified atom stereocenters. The van der Waals surface area contributed by atoms with Crippen molar-refractivity contribution in [2.75, 3.05) is 11.9 Å². The Balaban J connectivity index is 2.18. The van der Waals surface area contributed by atoms with Gasteiger partial charge in [0.15, 0.2) is 0 Å². The minimum Gasteiger partial charge on any atom is -0.462 e. The van der Waals surface area contributed by atoms with Gasteiger partial charge in [0.2, 0.25) is 0 Å². The summed E-state index contributed by atoms with van der Waals surface area (Å²) < 4.78 is 19.2. The molecule has 0 spiro atoms. The first-order chi connectivity index (χ1) is 10.4. The fraction of sp³-hybridized carbons (Fsp3) is 0.200. The molecule has 7 heteroatoms. The number of esters is 1. The molecular formula is C15H13BrFNO3S. The molecular weight excluding hydrogens is 373 g/mol. The Morgan fingerprint density at radius 2 is 2.09 bits per heavy atom. The molecule has 2 rings (SSSR count). The average molecular weight is 386 g/mol. The summed E-state index contributed by atoms with van der Waals surface area (Å²) in [5.74, 6) is -1.62. The second kappa shape index (κ2) is 7.02. The number of ether oxygens (including phenoxy) is 1. The molecule has 1 heterocycles. The molecule has 0 saturated carbocycles. The van der Waals surface area contributed by atoms with Gasteiger partial charge in [0.25, 0.3) is 5.91 Å². The molecule has 1 aromatic carbocycles. The third-order valence-corrected chi connectivity index (χ3v) is 4.42. The topological polar surface area (TPSA) is 55.4 Å². The number of hydrogen-bond donors (Lipinski definition) is 1. The summed E-state index contributed by atoms with van der Waals surface area (Å²) in [6.45, 7) is 3.75. The molecule has 0 aliphatic rings. The lowest BCUT2D eigenvalue weighted by Gasteiger charge is -2.04. The minimum atomic E-state index is -0.620. The fourth-order valence-corrected chi connectivity index (χ4v) is 3.09. The van der Waals surface area contributed by atoms with E-state index in [4.69, 9.17) is 4.74 Å². The van der Waals surface area contributed by atoms with Crippen LogP contribution in [-0.4, -0.2) is 18.5 Å². The number of carbonyl (C=O) groups excluding carboxylic acids is 2. The van der Waals surface area contributed by atoms with Crippen molar-refractivity contribution in [3.8, 4) is 0 Å². The van der Waals surface area contributed by atoms with Crippen LogP contribution in [0.3, 0.4) is 0 Å². The zero-order chi connectivity index (χ0) is 16.3. The average Bonchev–Trinajstić information content (AvgIpc) is 2.79. The maximum absolute atomic E-state index is 13.8. The van der Waals surface area contributed by atoms with Gasteiger partial charge in [-0.25, -0.2) is 9.18 Å². The largest absolute Gasteiger partial charge is 0.462 e. The monoisotopic (exact) mass is 385 g/mol. The van der Waals surface area contributed by atoms with Crippen LogP contribution in [0.2, 0.25) is 0 Å². The number of anilines is 1. The number of halogens is 2. The van der Waals surface area contributed by atoms with Gasteiger partial charge in [-0.2, -0.15) is 0 Å². The molecule has 0 aliphatic heterocycles.